The van der Waals surface area contributed by atoms with E-state index in [0.29, 0.717) is 30.0 Å². The molecule has 1 N–H and O–H groups in total. The maximum absolute atomic E-state index is 12.0. The maximum Gasteiger partial charge on any atom is 0.272 e. The van der Waals surface area contributed by atoms with Crippen molar-refractivity contribution >= 4 is 11.8 Å². The van der Waals surface area contributed by atoms with Crippen LogP contribution in [-0.2, 0) is 4.79 Å². The third kappa shape index (κ3) is 1.67. The predicted molar refractivity (Wildman–Crippen MR) is 56.4 cm³/mol. The maximum atomic E-state index is 12.0. The Balaban J connectivity index is 1.84. The molecule has 0 aliphatic carbocycles. The van der Waals surface area contributed by atoms with Crippen LogP contribution in [0.2, 0.25) is 0 Å². The van der Waals surface area contributed by atoms with E-state index in [-0.39, 0.29) is 18.6 Å². The lowest BCUT2D eigenvalue weighted by Crippen LogP contribution is -2.38. The number of ether oxygens (including phenoxy) is 2. The first kappa shape index (κ1) is 9.95. The summed E-state index contributed by atoms with van der Waals surface area (Å²) in [5.41, 5.74) is 2.96. The molecule has 0 aromatic heterocycles. The second-order valence-electron chi connectivity index (χ2n) is 3.81. The predicted octanol–water partition coefficient (Wildman–Crippen LogP) is 0.292. The first-order valence-corrected chi connectivity index (χ1v) is 5.25. The number of carbonyl (C=O) groups excluding carboxylic acids is 2. The van der Waals surface area contributed by atoms with Gasteiger partial charge in [-0.2, -0.15) is 0 Å². The molecule has 1 aromatic carbocycles. The molecule has 2 aliphatic heterocycles. The molecule has 1 aromatic rings. The normalized spacial score (nSPS) is 17.2. The van der Waals surface area contributed by atoms with E-state index in [9.17, 15) is 9.59 Å². The summed E-state index contributed by atoms with van der Waals surface area (Å²) in [5, 5.41) is 1.31. The largest absolute Gasteiger partial charge is 0.454 e. The summed E-state index contributed by atoms with van der Waals surface area (Å²) in [6, 6.07) is 4.96. The molecule has 3 rings (SSSR count). The van der Waals surface area contributed by atoms with Crippen LogP contribution < -0.4 is 14.9 Å². The van der Waals surface area contributed by atoms with Gasteiger partial charge in [0, 0.05) is 12.0 Å². The smallest absolute Gasteiger partial charge is 0.272 e. The zero-order valence-electron chi connectivity index (χ0n) is 8.93. The van der Waals surface area contributed by atoms with E-state index in [4.69, 9.17) is 9.47 Å². The fraction of sp³-hybridized carbons (Fsp3) is 0.273. The van der Waals surface area contributed by atoms with Gasteiger partial charge in [-0.3, -0.25) is 15.0 Å². The number of nitrogens with zero attached hydrogens (tertiary/aromatic N) is 1. The van der Waals surface area contributed by atoms with Crippen LogP contribution >= 0.6 is 0 Å². The van der Waals surface area contributed by atoms with E-state index >= 15 is 0 Å². The highest BCUT2D eigenvalue weighted by atomic mass is 16.7. The van der Waals surface area contributed by atoms with Crippen LogP contribution in [0.1, 0.15) is 16.8 Å². The molecule has 88 valence electrons. The third-order valence-corrected chi connectivity index (χ3v) is 2.69. The number of carbonyl (C=O) groups is 2. The quantitative estimate of drug-likeness (QED) is 0.758. The van der Waals surface area contributed by atoms with E-state index in [0.717, 1.165) is 0 Å². The second-order valence-corrected chi connectivity index (χ2v) is 3.81. The van der Waals surface area contributed by atoms with Crippen molar-refractivity contribution in [3.8, 4) is 11.5 Å². The second kappa shape index (κ2) is 3.65. The van der Waals surface area contributed by atoms with Gasteiger partial charge in [-0.15, -0.1) is 0 Å². The Morgan fingerprint density at radius 3 is 2.88 bits per heavy atom. The number of nitrogens with one attached hydrogen (secondary N) is 1. The fourth-order valence-corrected chi connectivity index (χ4v) is 1.81. The highest BCUT2D eigenvalue weighted by Gasteiger charge is 2.25. The number of fused-ring (bicyclic) bond motifs is 1. The molecule has 0 radical (unpaired) electrons. The van der Waals surface area contributed by atoms with Gasteiger partial charge in [0.05, 0.1) is 6.54 Å². The van der Waals surface area contributed by atoms with Crippen molar-refractivity contribution in [2.45, 2.75) is 6.42 Å². The van der Waals surface area contributed by atoms with Crippen molar-refractivity contribution in [3.05, 3.63) is 23.8 Å². The van der Waals surface area contributed by atoms with Gasteiger partial charge in [0.15, 0.2) is 11.5 Å². The lowest BCUT2D eigenvalue weighted by atomic mass is 10.2. The lowest BCUT2D eigenvalue weighted by Gasteiger charge is -2.14. The van der Waals surface area contributed by atoms with E-state index in [1.54, 1.807) is 18.2 Å². The van der Waals surface area contributed by atoms with Crippen LogP contribution in [0.15, 0.2) is 18.2 Å². The molecular weight excluding hydrogens is 224 g/mol. The lowest BCUT2D eigenvalue weighted by molar-refractivity contribution is -0.120. The van der Waals surface area contributed by atoms with Gasteiger partial charge in [-0.1, -0.05) is 0 Å². The topological polar surface area (TPSA) is 67.9 Å². The average Bonchev–Trinajstić information content (AvgIpc) is 2.95. The minimum Gasteiger partial charge on any atom is -0.454 e. The molecule has 17 heavy (non-hydrogen) atoms. The summed E-state index contributed by atoms with van der Waals surface area (Å²) >= 11 is 0. The summed E-state index contributed by atoms with van der Waals surface area (Å²) in [5.74, 6) is 0.807. The van der Waals surface area contributed by atoms with Gasteiger partial charge >= 0.3 is 0 Å². The molecule has 6 nitrogen and oxygen atoms in total. The number of rotatable bonds is 1. The number of hydrogen-bond donors (Lipinski definition) is 1. The van der Waals surface area contributed by atoms with Crippen LogP contribution in [-0.4, -0.2) is 30.2 Å². The molecule has 0 atom stereocenters. The third-order valence-electron chi connectivity index (χ3n) is 2.69. The highest BCUT2D eigenvalue weighted by Crippen LogP contribution is 2.32. The first-order chi connectivity index (χ1) is 8.24. The molecule has 6 heteroatoms. The van der Waals surface area contributed by atoms with Crippen molar-refractivity contribution in [1.29, 1.82) is 0 Å². The Hall–Kier alpha value is -2.24. The molecule has 0 bridgehead atoms. The Bertz CT molecular complexity index is 500. The number of hydrazine groups is 1. The summed E-state index contributed by atoms with van der Waals surface area (Å²) in [4.78, 5) is 23.0. The standard InChI is InChI=1S/C11H10N2O4/c14-10-3-4-13(12-10)11(15)7-1-2-8-9(5-7)17-6-16-8/h1-2,5H,3-4,6H2,(H,12,14). The molecule has 2 amide bonds. The van der Waals surface area contributed by atoms with Crippen molar-refractivity contribution in [1.82, 2.24) is 10.4 Å². The van der Waals surface area contributed by atoms with Gasteiger partial charge in [-0.05, 0) is 18.2 Å². The SMILES string of the molecule is O=C1CCN(C(=O)c2ccc3c(c2)OCO3)N1. The van der Waals surface area contributed by atoms with Crippen LogP contribution in [0.5, 0.6) is 11.5 Å². The zero-order chi connectivity index (χ0) is 11.8. The minimum absolute atomic E-state index is 0.140. The van der Waals surface area contributed by atoms with E-state index in [2.05, 4.69) is 5.43 Å². The minimum atomic E-state index is -0.242. The highest BCUT2D eigenvalue weighted by molar-refractivity contribution is 5.97. The molecule has 1 fully saturated rings. The Kier molecular flexibility index (Phi) is 2.14. The molecule has 0 spiro atoms. The van der Waals surface area contributed by atoms with Crippen molar-refractivity contribution in [2.75, 3.05) is 13.3 Å². The van der Waals surface area contributed by atoms with Crippen LogP contribution in [0.3, 0.4) is 0 Å². The number of amides is 2. The van der Waals surface area contributed by atoms with E-state index in [1.807, 2.05) is 0 Å². The fourth-order valence-electron chi connectivity index (χ4n) is 1.81. The van der Waals surface area contributed by atoms with Crippen LogP contribution in [0, 0.1) is 0 Å². The molecule has 0 unspecified atom stereocenters. The number of benzene rings is 1. The van der Waals surface area contributed by atoms with Gasteiger partial charge in [-0.25, -0.2) is 5.01 Å². The van der Waals surface area contributed by atoms with Gasteiger partial charge < -0.3 is 9.47 Å². The van der Waals surface area contributed by atoms with Crippen molar-refractivity contribution in [3.63, 3.8) is 0 Å². The number of hydrogen-bond acceptors (Lipinski definition) is 4. The monoisotopic (exact) mass is 234 g/mol. The van der Waals surface area contributed by atoms with Crippen molar-refractivity contribution in [2.24, 2.45) is 0 Å². The summed E-state index contributed by atoms with van der Waals surface area (Å²) in [6.07, 6.45) is 0.344. The molecular formula is C11H10N2O4. The van der Waals surface area contributed by atoms with E-state index in [1.165, 1.54) is 5.01 Å². The van der Waals surface area contributed by atoms with Gasteiger partial charge in [0.1, 0.15) is 0 Å². The van der Waals surface area contributed by atoms with Crippen LogP contribution in [0.25, 0.3) is 0 Å². The molecule has 2 aliphatic rings. The van der Waals surface area contributed by atoms with Gasteiger partial charge in [0.25, 0.3) is 5.91 Å². The zero-order valence-corrected chi connectivity index (χ0v) is 8.93. The van der Waals surface area contributed by atoms with E-state index < -0.39 is 0 Å². The van der Waals surface area contributed by atoms with Crippen LogP contribution in [0.4, 0.5) is 0 Å². The summed E-state index contributed by atoms with van der Waals surface area (Å²) < 4.78 is 10.4. The summed E-state index contributed by atoms with van der Waals surface area (Å²) in [6.45, 7) is 0.569. The molecule has 1 saturated heterocycles. The molecule has 2 heterocycles. The first-order valence-electron chi connectivity index (χ1n) is 5.25. The Morgan fingerprint density at radius 2 is 2.12 bits per heavy atom. The Labute approximate surface area is 97.1 Å². The summed E-state index contributed by atoms with van der Waals surface area (Å²) in [7, 11) is 0. The van der Waals surface area contributed by atoms with Gasteiger partial charge in [0.2, 0.25) is 12.7 Å². The van der Waals surface area contributed by atoms with Crippen molar-refractivity contribution < 1.29 is 19.1 Å². The Morgan fingerprint density at radius 1 is 1.29 bits per heavy atom. The average molecular weight is 234 g/mol. The molecule has 0 saturated carbocycles.